The summed E-state index contributed by atoms with van der Waals surface area (Å²) >= 11 is 1.61. The molecule has 5 aromatic rings. The van der Waals surface area contributed by atoms with Gasteiger partial charge in [-0.2, -0.15) is 0 Å². The number of pyridine rings is 1. The van der Waals surface area contributed by atoms with Gasteiger partial charge < -0.3 is 4.42 Å². The van der Waals surface area contributed by atoms with Gasteiger partial charge in [0.25, 0.3) is 5.89 Å². The molecular weight excluding hydrogens is 361 g/mol. The first kappa shape index (κ1) is 15.8. The van der Waals surface area contributed by atoms with Gasteiger partial charge in [0.1, 0.15) is 5.82 Å². The number of aromatic nitrogens is 3. The third-order valence-corrected chi connectivity index (χ3v) is 5.14. The molecule has 27 heavy (non-hydrogen) atoms. The molecule has 2 aromatic carbocycles. The van der Waals surface area contributed by atoms with Gasteiger partial charge in [-0.15, -0.1) is 21.5 Å². The number of para-hydroxylation sites is 1. The number of rotatable bonds is 3. The molecule has 0 aliphatic heterocycles. The number of nitrogens with zero attached hydrogens (tertiary/aromatic N) is 3. The maximum Gasteiger partial charge on any atom is 0.251 e. The second kappa shape index (κ2) is 6.41. The van der Waals surface area contributed by atoms with Crippen LogP contribution in [0.2, 0.25) is 0 Å². The molecule has 0 fully saturated rings. The minimum Gasteiger partial charge on any atom is -0.416 e. The van der Waals surface area contributed by atoms with Gasteiger partial charge in [-0.25, -0.2) is 9.37 Å². The molecule has 0 N–H and O–H groups in total. The lowest BCUT2D eigenvalue weighted by Crippen LogP contribution is -1.88. The van der Waals surface area contributed by atoms with Crippen LogP contribution < -0.4 is 0 Å². The Hall–Kier alpha value is -3.38. The molecule has 0 aliphatic rings. The van der Waals surface area contributed by atoms with E-state index in [0.717, 1.165) is 27.0 Å². The first-order valence-corrected chi connectivity index (χ1v) is 9.20. The van der Waals surface area contributed by atoms with Crippen LogP contribution in [0.15, 0.2) is 76.5 Å². The molecule has 6 heteroatoms. The summed E-state index contributed by atoms with van der Waals surface area (Å²) in [5, 5.41) is 11.1. The largest absolute Gasteiger partial charge is 0.416 e. The first-order valence-electron chi connectivity index (χ1n) is 8.32. The topological polar surface area (TPSA) is 51.8 Å². The van der Waals surface area contributed by atoms with Gasteiger partial charge in [0.2, 0.25) is 5.89 Å². The highest BCUT2D eigenvalue weighted by molar-refractivity contribution is 7.13. The number of hydrogen-bond acceptors (Lipinski definition) is 5. The Morgan fingerprint density at radius 3 is 2.41 bits per heavy atom. The molecule has 0 atom stereocenters. The SMILES string of the molecule is Fc1ccccc1-c1nnc(-c2cc(-c3cccs3)nc3ccccc23)o1. The van der Waals surface area contributed by atoms with E-state index in [1.165, 1.54) is 6.07 Å². The molecular formula is C21H12FN3OS. The molecule has 0 bridgehead atoms. The summed E-state index contributed by atoms with van der Waals surface area (Å²) in [7, 11) is 0. The molecule has 130 valence electrons. The van der Waals surface area contributed by atoms with Gasteiger partial charge in [0.05, 0.1) is 27.2 Å². The summed E-state index contributed by atoms with van der Waals surface area (Å²) < 4.78 is 19.9. The van der Waals surface area contributed by atoms with Crippen LogP contribution in [-0.2, 0) is 0 Å². The van der Waals surface area contributed by atoms with Crippen molar-refractivity contribution in [2.24, 2.45) is 0 Å². The minimum absolute atomic E-state index is 0.154. The molecule has 4 nitrogen and oxygen atoms in total. The van der Waals surface area contributed by atoms with Crippen molar-refractivity contribution in [3.8, 4) is 33.5 Å². The lowest BCUT2D eigenvalue weighted by Gasteiger charge is -2.06. The van der Waals surface area contributed by atoms with Crippen LogP contribution in [0.5, 0.6) is 0 Å². The van der Waals surface area contributed by atoms with Crippen molar-refractivity contribution in [2.45, 2.75) is 0 Å². The zero-order chi connectivity index (χ0) is 18.2. The maximum atomic E-state index is 14.1. The molecule has 0 unspecified atom stereocenters. The Morgan fingerprint density at radius 1 is 0.815 bits per heavy atom. The number of thiophene rings is 1. The highest BCUT2D eigenvalue weighted by atomic mass is 32.1. The number of halogens is 1. The number of hydrogen-bond donors (Lipinski definition) is 0. The van der Waals surface area contributed by atoms with E-state index in [-0.39, 0.29) is 11.5 Å². The Labute approximate surface area is 158 Å². The third-order valence-electron chi connectivity index (χ3n) is 4.25. The van der Waals surface area contributed by atoms with E-state index in [9.17, 15) is 4.39 Å². The molecule has 0 aliphatic carbocycles. The van der Waals surface area contributed by atoms with Crippen molar-refractivity contribution in [1.82, 2.24) is 15.2 Å². The monoisotopic (exact) mass is 373 g/mol. The summed E-state index contributed by atoms with van der Waals surface area (Å²) in [6.07, 6.45) is 0. The van der Waals surface area contributed by atoms with Gasteiger partial charge in [-0.05, 0) is 35.7 Å². The Bertz CT molecular complexity index is 1250. The van der Waals surface area contributed by atoms with Crippen molar-refractivity contribution < 1.29 is 8.81 Å². The number of benzene rings is 2. The zero-order valence-corrected chi connectivity index (χ0v) is 14.8. The average molecular weight is 373 g/mol. The van der Waals surface area contributed by atoms with Gasteiger partial charge >= 0.3 is 0 Å². The highest BCUT2D eigenvalue weighted by Gasteiger charge is 2.17. The van der Waals surface area contributed by atoms with Crippen molar-refractivity contribution >= 4 is 22.2 Å². The molecule has 5 rings (SSSR count). The van der Waals surface area contributed by atoms with E-state index in [1.54, 1.807) is 29.5 Å². The second-order valence-corrected chi connectivity index (χ2v) is 6.89. The van der Waals surface area contributed by atoms with Crippen LogP contribution >= 0.6 is 11.3 Å². The minimum atomic E-state index is -0.397. The lowest BCUT2D eigenvalue weighted by atomic mass is 10.1. The standard InChI is InChI=1S/C21H12FN3OS/c22-16-8-3-1-7-14(16)20-24-25-21(26-20)15-12-18(19-10-5-11-27-19)23-17-9-4-2-6-13(15)17/h1-12H. The van der Waals surface area contributed by atoms with Gasteiger partial charge in [0.15, 0.2) is 0 Å². The number of fused-ring (bicyclic) bond motifs is 1. The van der Waals surface area contributed by atoms with Gasteiger partial charge in [-0.3, -0.25) is 0 Å². The van der Waals surface area contributed by atoms with E-state index in [0.29, 0.717) is 5.89 Å². The molecule has 0 radical (unpaired) electrons. The highest BCUT2D eigenvalue weighted by Crippen LogP contribution is 2.34. The quantitative estimate of drug-likeness (QED) is 0.400. The fourth-order valence-electron chi connectivity index (χ4n) is 2.98. The van der Waals surface area contributed by atoms with Gasteiger partial charge in [-0.1, -0.05) is 36.4 Å². The Morgan fingerprint density at radius 2 is 1.59 bits per heavy atom. The molecule has 0 amide bonds. The Balaban J connectivity index is 1.70. The smallest absolute Gasteiger partial charge is 0.251 e. The van der Waals surface area contributed by atoms with E-state index in [1.807, 2.05) is 47.8 Å². The molecule has 3 aromatic heterocycles. The van der Waals surface area contributed by atoms with Crippen molar-refractivity contribution in [1.29, 1.82) is 0 Å². The summed E-state index contributed by atoms with van der Waals surface area (Å²) in [5.74, 6) is 0.0953. The summed E-state index contributed by atoms with van der Waals surface area (Å²) in [6.45, 7) is 0. The maximum absolute atomic E-state index is 14.1. The predicted molar refractivity (Wildman–Crippen MR) is 104 cm³/mol. The van der Waals surface area contributed by atoms with Crippen LogP contribution in [0.3, 0.4) is 0 Å². The molecule has 3 heterocycles. The molecule has 0 saturated carbocycles. The summed E-state index contributed by atoms with van der Waals surface area (Å²) in [6, 6.07) is 20.1. The average Bonchev–Trinajstić information content (AvgIpc) is 3.40. The Kier molecular flexibility index (Phi) is 3.76. The predicted octanol–water partition coefficient (Wildman–Crippen LogP) is 5.82. The van der Waals surface area contributed by atoms with Gasteiger partial charge in [0, 0.05) is 5.39 Å². The zero-order valence-electron chi connectivity index (χ0n) is 14.0. The van der Waals surface area contributed by atoms with E-state index >= 15 is 0 Å². The van der Waals surface area contributed by atoms with Crippen LogP contribution in [0.4, 0.5) is 4.39 Å². The van der Waals surface area contributed by atoms with Crippen LogP contribution in [0, 0.1) is 5.82 Å². The van der Waals surface area contributed by atoms with Crippen molar-refractivity contribution in [3.05, 3.63) is 77.9 Å². The second-order valence-electron chi connectivity index (χ2n) is 5.94. The van der Waals surface area contributed by atoms with Crippen molar-refractivity contribution in [3.63, 3.8) is 0 Å². The summed E-state index contributed by atoms with van der Waals surface area (Å²) in [4.78, 5) is 5.80. The fraction of sp³-hybridized carbons (Fsp3) is 0. The molecule has 0 spiro atoms. The van der Waals surface area contributed by atoms with Crippen LogP contribution in [-0.4, -0.2) is 15.2 Å². The van der Waals surface area contributed by atoms with Crippen LogP contribution in [0.1, 0.15) is 0 Å². The third kappa shape index (κ3) is 2.80. The van der Waals surface area contributed by atoms with E-state index in [4.69, 9.17) is 9.40 Å². The summed E-state index contributed by atoms with van der Waals surface area (Å²) in [5.41, 5.74) is 2.74. The van der Waals surface area contributed by atoms with E-state index < -0.39 is 5.82 Å². The van der Waals surface area contributed by atoms with E-state index in [2.05, 4.69) is 10.2 Å². The van der Waals surface area contributed by atoms with Crippen LogP contribution in [0.25, 0.3) is 44.4 Å². The van der Waals surface area contributed by atoms with Crippen molar-refractivity contribution in [2.75, 3.05) is 0 Å². The lowest BCUT2D eigenvalue weighted by molar-refractivity contribution is 0.571. The molecule has 0 saturated heterocycles. The first-order chi connectivity index (χ1) is 13.3. The fourth-order valence-corrected chi connectivity index (χ4v) is 3.66. The normalized spacial score (nSPS) is 11.1.